The topological polar surface area (TPSA) is 40.5 Å². The van der Waals surface area contributed by atoms with Crippen LogP contribution in [0.4, 0.5) is 5.69 Å². The van der Waals surface area contributed by atoms with Crippen molar-refractivity contribution in [3.63, 3.8) is 0 Å². The van der Waals surface area contributed by atoms with Crippen LogP contribution in [0.3, 0.4) is 0 Å². The molecule has 0 bridgehead atoms. The van der Waals surface area contributed by atoms with Crippen molar-refractivity contribution in [2.24, 2.45) is 0 Å². The van der Waals surface area contributed by atoms with Crippen LogP contribution in [-0.2, 0) is 6.42 Å². The molecule has 1 aliphatic heterocycles. The highest BCUT2D eigenvalue weighted by Crippen LogP contribution is 2.29. The zero-order valence-corrected chi connectivity index (χ0v) is 11.5. The molecule has 1 heterocycles. The van der Waals surface area contributed by atoms with Crippen LogP contribution in [0.1, 0.15) is 21.5 Å². The fourth-order valence-corrected chi connectivity index (χ4v) is 2.61. The largest absolute Gasteiger partial charge is 0.384 e. The lowest BCUT2D eigenvalue weighted by molar-refractivity contribution is 0.0989. The standard InChI is InChI=1S/C18H15NO2/c20-13-5-8-14-6-1-3-9-16(14)18(21)19-12-11-15-7-2-4-10-17(15)19/h1-4,6-7,9-10,20H,11-13H2. The molecule has 3 rings (SSSR count). The van der Waals surface area contributed by atoms with Crippen molar-refractivity contribution in [2.45, 2.75) is 6.42 Å². The minimum absolute atomic E-state index is 0.0391. The number of carbonyl (C=O) groups excluding carboxylic acids is 1. The van der Waals surface area contributed by atoms with E-state index in [1.165, 1.54) is 5.56 Å². The molecule has 104 valence electrons. The van der Waals surface area contributed by atoms with E-state index in [2.05, 4.69) is 17.9 Å². The second-order valence-electron chi connectivity index (χ2n) is 4.84. The van der Waals surface area contributed by atoms with Gasteiger partial charge in [0.2, 0.25) is 0 Å². The van der Waals surface area contributed by atoms with Gasteiger partial charge in [-0.1, -0.05) is 42.2 Å². The molecule has 0 fully saturated rings. The van der Waals surface area contributed by atoms with Crippen molar-refractivity contribution in [1.29, 1.82) is 0 Å². The van der Waals surface area contributed by atoms with Gasteiger partial charge in [0.15, 0.2) is 0 Å². The first-order valence-corrected chi connectivity index (χ1v) is 6.90. The van der Waals surface area contributed by atoms with Crippen LogP contribution in [0.25, 0.3) is 0 Å². The molecule has 1 amide bonds. The van der Waals surface area contributed by atoms with E-state index in [1.807, 2.05) is 30.3 Å². The van der Waals surface area contributed by atoms with Crippen molar-refractivity contribution >= 4 is 11.6 Å². The number of nitrogens with zero attached hydrogens (tertiary/aromatic N) is 1. The molecule has 3 nitrogen and oxygen atoms in total. The van der Waals surface area contributed by atoms with Gasteiger partial charge in [0.1, 0.15) is 6.61 Å². The lowest BCUT2D eigenvalue weighted by Gasteiger charge is -2.18. The summed E-state index contributed by atoms with van der Waals surface area (Å²) in [5, 5.41) is 8.83. The molecule has 0 radical (unpaired) electrons. The van der Waals surface area contributed by atoms with Crippen molar-refractivity contribution in [3.8, 4) is 11.8 Å². The van der Waals surface area contributed by atoms with Crippen molar-refractivity contribution in [3.05, 3.63) is 65.2 Å². The van der Waals surface area contributed by atoms with Gasteiger partial charge in [0, 0.05) is 17.8 Å². The molecule has 0 unspecified atom stereocenters. The Hall–Kier alpha value is -2.57. The predicted octanol–water partition coefficient (Wildman–Crippen LogP) is 2.23. The summed E-state index contributed by atoms with van der Waals surface area (Å²) < 4.78 is 0. The van der Waals surface area contributed by atoms with Crippen molar-refractivity contribution < 1.29 is 9.90 Å². The zero-order chi connectivity index (χ0) is 14.7. The first kappa shape index (κ1) is 13.4. The van der Waals surface area contributed by atoms with Crippen LogP contribution in [0, 0.1) is 11.8 Å². The van der Waals surface area contributed by atoms with Gasteiger partial charge < -0.3 is 10.0 Å². The lowest BCUT2D eigenvalue weighted by Crippen LogP contribution is -2.29. The third-order valence-corrected chi connectivity index (χ3v) is 3.59. The van der Waals surface area contributed by atoms with Gasteiger partial charge in [0.25, 0.3) is 5.91 Å². The van der Waals surface area contributed by atoms with Gasteiger partial charge in [-0.3, -0.25) is 4.79 Å². The Balaban J connectivity index is 1.97. The molecule has 0 spiro atoms. The fourth-order valence-electron chi connectivity index (χ4n) is 2.61. The van der Waals surface area contributed by atoms with Crippen LogP contribution in [0.5, 0.6) is 0 Å². The first-order valence-electron chi connectivity index (χ1n) is 6.90. The second kappa shape index (κ2) is 5.82. The van der Waals surface area contributed by atoms with E-state index < -0.39 is 0 Å². The minimum Gasteiger partial charge on any atom is -0.384 e. The summed E-state index contributed by atoms with van der Waals surface area (Å²) in [6.07, 6.45) is 0.881. The zero-order valence-electron chi connectivity index (χ0n) is 11.5. The number of amides is 1. The monoisotopic (exact) mass is 277 g/mol. The van der Waals surface area contributed by atoms with E-state index in [1.54, 1.807) is 17.0 Å². The maximum atomic E-state index is 12.8. The number of para-hydroxylation sites is 1. The van der Waals surface area contributed by atoms with E-state index in [-0.39, 0.29) is 12.5 Å². The molecular weight excluding hydrogens is 262 g/mol. The molecule has 2 aromatic carbocycles. The molecule has 2 aromatic rings. The number of anilines is 1. The third kappa shape index (κ3) is 2.54. The Labute approximate surface area is 123 Å². The molecule has 1 N–H and O–H groups in total. The normalized spacial score (nSPS) is 12.5. The number of carbonyl (C=O) groups is 1. The highest BCUT2D eigenvalue weighted by Gasteiger charge is 2.26. The number of fused-ring (bicyclic) bond motifs is 1. The Morgan fingerprint density at radius 3 is 2.76 bits per heavy atom. The second-order valence-corrected chi connectivity index (χ2v) is 4.84. The lowest BCUT2D eigenvalue weighted by atomic mass is 10.1. The van der Waals surface area contributed by atoms with Gasteiger partial charge in [-0.2, -0.15) is 0 Å². The maximum Gasteiger partial charge on any atom is 0.259 e. The Bertz CT molecular complexity index is 740. The first-order chi connectivity index (χ1) is 10.3. The van der Waals surface area contributed by atoms with Crippen molar-refractivity contribution in [1.82, 2.24) is 0 Å². The molecular formula is C18H15NO2. The molecule has 1 aliphatic rings. The highest BCUT2D eigenvalue weighted by atomic mass is 16.2. The SMILES string of the molecule is O=C(c1ccccc1C#CCO)N1CCc2ccccc21. The maximum absolute atomic E-state index is 12.8. The quantitative estimate of drug-likeness (QED) is 0.812. The van der Waals surface area contributed by atoms with Gasteiger partial charge in [0.05, 0.1) is 5.56 Å². The van der Waals surface area contributed by atoms with Crippen LogP contribution >= 0.6 is 0 Å². The molecule has 0 saturated carbocycles. The Kier molecular flexibility index (Phi) is 3.72. The summed E-state index contributed by atoms with van der Waals surface area (Å²) in [6, 6.07) is 15.2. The van der Waals surface area contributed by atoms with E-state index in [0.29, 0.717) is 17.7 Å². The predicted molar refractivity (Wildman–Crippen MR) is 82.2 cm³/mol. The van der Waals surface area contributed by atoms with Gasteiger partial charge in [-0.15, -0.1) is 0 Å². The molecule has 3 heteroatoms. The number of benzene rings is 2. The van der Waals surface area contributed by atoms with Gasteiger partial charge in [-0.25, -0.2) is 0 Å². The smallest absolute Gasteiger partial charge is 0.259 e. The van der Waals surface area contributed by atoms with Crippen LogP contribution in [0.2, 0.25) is 0 Å². The minimum atomic E-state index is -0.213. The Morgan fingerprint density at radius 2 is 1.90 bits per heavy atom. The summed E-state index contributed by atoms with van der Waals surface area (Å²) in [7, 11) is 0. The number of hydrogen-bond acceptors (Lipinski definition) is 2. The Morgan fingerprint density at radius 1 is 1.14 bits per heavy atom. The van der Waals surface area contributed by atoms with Crippen LogP contribution in [0.15, 0.2) is 48.5 Å². The third-order valence-electron chi connectivity index (χ3n) is 3.59. The summed E-state index contributed by atoms with van der Waals surface area (Å²) in [4.78, 5) is 14.6. The highest BCUT2D eigenvalue weighted by molar-refractivity contribution is 6.08. The summed E-state index contributed by atoms with van der Waals surface area (Å²) in [5.74, 6) is 5.41. The molecule has 0 aromatic heterocycles. The number of aliphatic hydroxyl groups excluding tert-OH is 1. The number of aliphatic hydroxyl groups is 1. The van der Waals surface area contributed by atoms with Crippen LogP contribution < -0.4 is 4.90 Å². The fraction of sp³-hybridized carbons (Fsp3) is 0.167. The van der Waals surface area contributed by atoms with Crippen molar-refractivity contribution in [2.75, 3.05) is 18.1 Å². The summed E-state index contributed by atoms with van der Waals surface area (Å²) in [6.45, 7) is 0.481. The van der Waals surface area contributed by atoms with E-state index in [4.69, 9.17) is 5.11 Å². The van der Waals surface area contributed by atoms with Crippen LogP contribution in [-0.4, -0.2) is 24.2 Å². The van der Waals surface area contributed by atoms with Gasteiger partial charge >= 0.3 is 0 Å². The number of rotatable bonds is 1. The summed E-state index contributed by atoms with van der Waals surface area (Å²) in [5.41, 5.74) is 3.41. The van der Waals surface area contributed by atoms with E-state index in [9.17, 15) is 4.79 Å². The average molecular weight is 277 g/mol. The summed E-state index contributed by atoms with van der Waals surface area (Å²) >= 11 is 0. The molecule has 21 heavy (non-hydrogen) atoms. The molecule has 0 atom stereocenters. The van der Waals surface area contributed by atoms with E-state index in [0.717, 1.165) is 12.1 Å². The van der Waals surface area contributed by atoms with E-state index >= 15 is 0 Å². The van der Waals surface area contributed by atoms with Gasteiger partial charge in [-0.05, 0) is 30.2 Å². The molecule has 0 saturated heterocycles. The average Bonchev–Trinajstić information content (AvgIpc) is 2.96. The molecule has 0 aliphatic carbocycles. The number of hydrogen-bond donors (Lipinski definition) is 1.